The molecule has 0 spiro atoms. The van der Waals surface area contributed by atoms with Crippen LogP contribution in [0.1, 0.15) is 45.6 Å². The second-order valence-electron chi connectivity index (χ2n) is 9.20. The van der Waals surface area contributed by atoms with E-state index in [0.29, 0.717) is 24.5 Å². The first-order valence-corrected chi connectivity index (χ1v) is 12.4. The fourth-order valence-corrected chi connectivity index (χ4v) is 4.14. The molecule has 1 aromatic carbocycles. The summed E-state index contributed by atoms with van der Waals surface area (Å²) >= 11 is 0. The van der Waals surface area contributed by atoms with Crippen LogP contribution < -0.4 is 4.74 Å². The molecule has 0 aliphatic heterocycles. The van der Waals surface area contributed by atoms with E-state index in [-0.39, 0.29) is 23.6 Å². The number of ether oxygens (including phenoxy) is 1. The smallest absolute Gasteiger partial charge is 0.428 e. The standard InChI is InChI=1S/C30H28F10O/c1-6-18-9-10-22(25(33)11-18)20(8-3)13-23(31)16(4)19(7-2)12-24(32)17(5)30(39,40)41-21-14-26(34)28(27(35)15-21)29(36,37)38/h7-8,11-15,18,22H,4-6,9-10H2,1-3H3/b19-7+,20-8+,23-13+,24-12+. The van der Waals surface area contributed by atoms with Crippen LogP contribution >= 0.6 is 0 Å². The Morgan fingerprint density at radius 1 is 0.927 bits per heavy atom. The summed E-state index contributed by atoms with van der Waals surface area (Å²) in [7, 11) is 0. The summed E-state index contributed by atoms with van der Waals surface area (Å²) < 4.78 is 143. The lowest BCUT2D eigenvalue weighted by Gasteiger charge is -2.25. The molecule has 2 rings (SSSR count). The molecule has 2 unspecified atom stereocenters. The van der Waals surface area contributed by atoms with Crippen molar-refractivity contribution in [2.75, 3.05) is 0 Å². The molecule has 224 valence electrons. The average molecular weight is 595 g/mol. The van der Waals surface area contributed by atoms with Crippen LogP contribution in [-0.4, -0.2) is 6.11 Å². The van der Waals surface area contributed by atoms with Crippen LogP contribution in [0.15, 0.2) is 95.4 Å². The summed E-state index contributed by atoms with van der Waals surface area (Å²) in [6.45, 7) is 11.2. The molecular weight excluding hydrogens is 566 g/mol. The fraction of sp³-hybridized carbons (Fsp3) is 0.333. The van der Waals surface area contributed by atoms with Gasteiger partial charge in [-0.3, -0.25) is 0 Å². The third-order valence-corrected chi connectivity index (χ3v) is 6.52. The van der Waals surface area contributed by atoms with Crippen molar-refractivity contribution in [3.05, 3.63) is 113 Å². The summed E-state index contributed by atoms with van der Waals surface area (Å²) in [5.74, 6) is -9.60. The Morgan fingerprint density at radius 3 is 1.98 bits per heavy atom. The molecule has 1 aromatic rings. The minimum Gasteiger partial charge on any atom is -0.429 e. The molecule has 0 aromatic heterocycles. The van der Waals surface area contributed by atoms with Gasteiger partial charge in [0, 0.05) is 23.6 Å². The normalized spacial score (nSPS) is 19.7. The van der Waals surface area contributed by atoms with E-state index in [4.69, 9.17) is 0 Å². The van der Waals surface area contributed by atoms with E-state index < -0.39 is 69.8 Å². The number of rotatable bonds is 10. The molecule has 1 aliphatic rings. The SMILES string of the molecule is C=C(/C(F)=C\C(=C/C)C1CCC(CC)C=C1F)C(/C=C(/F)C(=C)C(F)(F)Oc1cc(F)c(C(F)(F)F)c(F)c1)=C/C. The monoisotopic (exact) mass is 594 g/mol. The lowest BCUT2D eigenvalue weighted by atomic mass is 9.81. The number of hydrogen-bond donors (Lipinski definition) is 0. The Bertz CT molecular complexity index is 1300. The highest BCUT2D eigenvalue weighted by molar-refractivity contribution is 5.52. The predicted octanol–water partition coefficient (Wildman–Crippen LogP) is 11.0. The molecular formula is C30H28F10O. The Balaban J connectivity index is 2.27. The van der Waals surface area contributed by atoms with Gasteiger partial charge in [-0.05, 0) is 68.4 Å². The minimum absolute atomic E-state index is 0.0726. The van der Waals surface area contributed by atoms with Gasteiger partial charge >= 0.3 is 12.3 Å². The zero-order chi connectivity index (χ0) is 31.3. The summed E-state index contributed by atoms with van der Waals surface area (Å²) in [5, 5.41) is 0. The first kappa shape index (κ1) is 33.7. The molecule has 0 saturated heterocycles. The Labute approximate surface area is 231 Å². The van der Waals surface area contributed by atoms with Gasteiger partial charge in [0.05, 0.1) is 5.57 Å². The van der Waals surface area contributed by atoms with E-state index >= 15 is 4.39 Å². The Hall–Kier alpha value is -3.50. The second kappa shape index (κ2) is 13.4. The highest BCUT2D eigenvalue weighted by Crippen LogP contribution is 2.40. The third kappa shape index (κ3) is 8.27. The van der Waals surface area contributed by atoms with E-state index in [0.717, 1.165) is 18.6 Å². The molecule has 0 fully saturated rings. The first-order valence-electron chi connectivity index (χ1n) is 12.4. The van der Waals surface area contributed by atoms with Crippen LogP contribution in [0.25, 0.3) is 0 Å². The lowest BCUT2D eigenvalue weighted by Crippen LogP contribution is -2.27. The van der Waals surface area contributed by atoms with Crippen molar-refractivity contribution in [3.8, 4) is 5.75 Å². The summed E-state index contributed by atoms with van der Waals surface area (Å²) in [5.41, 5.74) is -4.44. The maximum absolute atomic E-state index is 15.1. The van der Waals surface area contributed by atoms with Crippen molar-refractivity contribution in [1.82, 2.24) is 0 Å². The third-order valence-electron chi connectivity index (χ3n) is 6.52. The van der Waals surface area contributed by atoms with Gasteiger partial charge < -0.3 is 4.74 Å². The van der Waals surface area contributed by atoms with Crippen LogP contribution in [0.5, 0.6) is 5.75 Å². The maximum atomic E-state index is 15.1. The van der Waals surface area contributed by atoms with E-state index in [9.17, 15) is 39.5 Å². The number of halogens is 10. The minimum atomic E-state index is -5.45. The summed E-state index contributed by atoms with van der Waals surface area (Å²) in [4.78, 5) is 0. The largest absolute Gasteiger partial charge is 0.429 e. The van der Waals surface area contributed by atoms with Crippen LogP contribution in [0.3, 0.4) is 0 Å². The van der Waals surface area contributed by atoms with Crippen LogP contribution in [0.2, 0.25) is 0 Å². The van der Waals surface area contributed by atoms with Crippen molar-refractivity contribution >= 4 is 0 Å². The van der Waals surface area contributed by atoms with Crippen molar-refractivity contribution in [2.45, 2.75) is 52.3 Å². The molecule has 0 bridgehead atoms. The van der Waals surface area contributed by atoms with Gasteiger partial charge in [-0.2, -0.15) is 22.0 Å². The van der Waals surface area contributed by atoms with Gasteiger partial charge in [0.2, 0.25) is 0 Å². The van der Waals surface area contributed by atoms with Crippen molar-refractivity contribution in [1.29, 1.82) is 0 Å². The summed E-state index contributed by atoms with van der Waals surface area (Å²) in [6.07, 6.45) is -2.64. The molecule has 0 N–H and O–H groups in total. The highest BCUT2D eigenvalue weighted by Gasteiger charge is 2.41. The molecule has 41 heavy (non-hydrogen) atoms. The average Bonchev–Trinajstić information content (AvgIpc) is 2.87. The topological polar surface area (TPSA) is 9.23 Å². The predicted molar refractivity (Wildman–Crippen MR) is 137 cm³/mol. The zero-order valence-electron chi connectivity index (χ0n) is 22.4. The second-order valence-corrected chi connectivity index (χ2v) is 9.20. The van der Waals surface area contributed by atoms with Gasteiger partial charge in [-0.15, -0.1) is 0 Å². The van der Waals surface area contributed by atoms with E-state index in [1.54, 1.807) is 6.92 Å². The first-order chi connectivity index (χ1) is 19.0. The van der Waals surface area contributed by atoms with Gasteiger partial charge in [-0.1, -0.05) is 32.2 Å². The molecule has 11 heteroatoms. The quantitative estimate of drug-likeness (QED) is 0.193. The molecule has 0 amide bonds. The van der Waals surface area contributed by atoms with Crippen LogP contribution in [-0.2, 0) is 6.18 Å². The van der Waals surface area contributed by atoms with Crippen molar-refractivity contribution in [2.24, 2.45) is 11.8 Å². The number of benzene rings is 1. The zero-order valence-corrected chi connectivity index (χ0v) is 22.4. The number of hydrogen-bond acceptors (Lipinski definition) is 1. The Morgan fingerprint density at radius 2 is 1.51 bits per heavy atom. The van der Waals surface area contributed by atoms with E-state index in [2.05, 4.69) is 17.9 Å². The van der Waals surface area contributed by atoms with Gasteiger partial charge in [0.25, 0.3) is 0 Å². The molecule has 0 saturated carbocycles. The highest BCUT2D eigenvalue weighted by atomic mass is 19.4. The van der Waals surface area contributed by atoms with Crippen LogP contribution in [0.4, 0.5) is 43.9 Å². The van der Waals surface area contributed by atoms with Gasteiger partial charge in [-0.25, -0.2) is 22.0 Å². The van der Waals surface area contributed by atoms with Gasteiger partial charge in [0.1, 0.15) is 40.4 Å². The molecule has 1 aliphatic carbocycles. The molecule has 0 radical (unpaired) electrons. The van der Waals surface area contributed by atoms with Crippen molar-refractivity contribution < 1.29 is 48.6 Å². The number of alkyl halides is 5. The fourth-order valence-electron chi connectivity index (χ4n) is 4.14. The Kier molecular flexibility index (Phi) is 11.0. The molecule has 0 heterocycles. The van der Waals surface area contributed by atoms with E-state index in [1.165, 1.54) is 19.1 Å². The number of allylic oxidation sites excluding steroid dienone is 10. The molecule has 2 atom stereocenters. The summed E-state index contributed by atoms with van der Waals surface area (Å²) in [6, 6.07) is -0.278. The lowest BCUT2D eigenvalue weighted by molar-refractivity contribution is -0.144. The van der Waals surface area contributed by atoms with E-state index in [1.807, 2.05) is 6.92 Å². The van der Waals surface area contributed by atoms with Crippen LogP contribution in [0, 0.1) is 23.5 Å². The van der Waals surface area contributed by atoms with Crippen molar-refractivity contribution in [3.63, 3.8) is 0 Å². The maximum Gasteiger partial charge on any atom is 0.428 e. The molecule has 1 nitrogen and oxygen atoms in total. The van der Waals surface area contributed by atoms with Gasteiger partial charge in [0.15, 0.2) is 0 Å².